The number of aryl methyl sites for hydroxylation is 1. The number of nitrogens with zero attached hydrogens (tertiary/aromatic N) is 2. The third-order valence-corrected chi connectivity index (χ3v) is 7.07. The number of hydrogen-bond acceptors (Lipinski definition) is 4. The van der Waals surface area contributed by atoms with Gasteiger partial charge in [0.1, 0.15) is 6.04 Å². The maximum Gasteiger partial charge on any atom is 0.326 e. The highest BCUT2D eigenvalue weighted by Gasteiger charge is 2.31. The Labute approximate surface area is 161 Å². The molecule has 1 heterocycles. The first-order valence-corrected chi connectivity index (χ1v) is 10.9. The van der Waals surface area contributed by atoms with E-state index >= 15 is 0 Å². The van der Waals surface area contributed by atoms with Gasteiger partial charge in [-0.2, -0.15) is 4.31 Å². The second kappa shape index (κ2) is 9.32. The van der Waals surface area contributed by atoms with Crippen LogP contribution in [-0.4, -0.2) is 60.3 Å². The van der Waals surface area contributed by atoms with Gasteiger partial charge in [-0.3, -0.25) is 4.79 Å². The van der Waals surface area contributed by atoms with E-state index in [9.17, 15) is 23.1 Å². The number of carbonyl (C=O) groups is 2. The standard InChI is InChI=1S/C19H28N2O5S/c1-3-20(4-2)27(25,26)16-11-8-15(9-12-16)10-13-18(22)21-14-6-5-7-17(21)19(23)24/h8-9,11-12,17H,3-7,10,13-14H2,1-2H3,(H,23,24)/t17-/m1/s1. The average molecular weight is 397 g/mol. The van der Waals surface area contributed by atoms with Gasteiger partial charge >= 0.3 is 5.97 Å². The van der Waals surface area contributed by atoms with E-state index in [0.717, 1.165) is 18.4 Å². The molecule has 1 atom stereocenters. The number of hydrogen-bond donors (Lipinski definition) is 1. The summed E-state index contributed by atoms with van der Waals surface area (Å²) in [4.78, 5) is 25.5. The predicted octanol–water partition coefficient (Wildman–Crippen LogP) is 2.12. The summed E-state index contributed by atoms with van der Waals surface area (Å²) in [5, 5.41) is 9.28. The molecule has 0 bridgehead atoms. The maximum atomic E-state index is 12.5. The van der Waals surface area contributed by atoms with Crippen molar-refractivity contribution in [1.82, 2.24) is 9.21 Å². The van der Waals surface area contributed by atoms with E-state index in [0.29, 0.717) is 32.5 Å². The normalized spacial score (nSPS) is 17.9. The van der Waals surface area contributed by atoms with E-state index in [1.54, 1.807) is 38.1 Å². The highest BCUT2D eigenvalue weighted by atomic mass is 32.2. The zero-order valence-corrected chi connectivity index (χ0v) is 16.7. The molecule has 0 unspecified atom stereocenters. The third-order valence-electron chi connectivity index (χ3n) is 5.00. The molecule has 8 heteroatoms. The fourth-order valence-corrected chi connectivity index (χ4v) is 4.88. The van der Waals surface area contributed by atoms with Crippen molar-refractivity contribution in [3.05, 3.63) is 29.8 Å². The van der Waals surface area contributed by atoms with Gasteiger partial charge < -0.3 is 10.0 Å². The minimum Gasteiger partial charge on any atom is -0.480 e. The van der Waals surface area contributed by atoms with Gasteiger partial charge in [-0.25, -0.2) is 13.2 Å². The molecule has 1 aromatic carbocycles. The summed E-state index contributed by atoms with van der Waals surface area (Å²) in [5.74, 6) is -1.11. The number of carboxylic acids is 1. The van der Waals surface area contributed by atoms with E-state index in [1.165, 1.54) is 9.21 Å². The van der Waals surface area contributed by atoms with Crippen LogP contribution in [0.2, 0.25) is 0 Å². The van der Waals surface area contributed by atoms with Crippen LogP contribution >= 0.6 is 0 Å². The van der Waals surface area contributed by atoms with Gasteiger partial charge in [-0.1, -0.05) is 26.0 Å². The number of piperidine rings is 1. The van der Waals surface area contributed by atoms with Crippen LogP contribution in [0.1, 0.15) is 45.1 Å². The smallest absolute Gasteiger partial charge is 0.326 e. The molecule has 1 saturated heterocycles. The molecule has 2 rings (SSSR count). The quantitative estimate of drug-likeness (QED) is 0.726. The van der Waals surface area contributed by atoms with Crippen LogP contribution in [0.15, 0.2) is 29.2 Å². The van der Waals surface area contributed by atoms with E-state index in [1.807, 2.05) is 0 Å². The molecule has 27 heavy (non-hydrogen) atoms. The first kappa shape index (κ1) is 21.4. The zero-order chi connectivity index (χ0) is 20.0. The second-order valence-corrected chi connectivity index (χ2v) is 8.61. The molecule has 0 radical (unpaired) electrons. The summed E-state index contributed by atoms with van der Waals surface area (Å²) in [6.07, 6.45) is 2.81. The van der Waals surface area contributed by atoms with Crippen LogP contribution in [-0.2, 0) is 26.0 Å². The molecule has 1 amide bonds. The Balaban J connectivity index is 2.00. The van der Waals surface area contributed by atoms with Crippen molar-refractivity contribution < 1.29 is 23.1 Å². The molecule has 0 aliphatic carbocycles. The van der Waals surface area contributed by atoms with Crippen LogP contribution in [0, 0.1) is 0 Å². The lowest BCUT2D eigenvalue weighted by molar-refractivity contribution is -0.152. The number of amides is 1. The van der Waals surface area contributed by atoms with Crippen LogP contribution in [0.4, 0.5) is 0 Å². The van der Waals surface area contributed by atoms with Gasteiger partial charge in [0.15, 0.2) is 0 Å². The van der Waals surface area contributed by atoms with Crippen molar-refractivity contribution in [3.63, 3.8) is 0 Å². The molecule has 1 N–H and O–H groups in total. The Morgan fingerprint density at radius 2 is 1.78 bits per heavy atom. The van der Waals surface area contributed by atoms with Crippen molar-refractivity contribution in [3.8, 4) is 0 Å². The summed E-state index contributed by atoms with van der Waals surface area (Å²) >= 11 is 0. The van der Waals surface area contributed by atoms with Crippen molar-refractivity contribution in [2.45, 2.75) is 56.9 Å². The Hall–Kier alpha value is -1.93. The van der Waals surface area contributed by atoms with E-state index in [-0.39, 0.29) is 17.2 Å². The molecule has 7 nitrogen and oxygen atoms in total. The Morgan fingerprint density at radius 1 is 1.15 bits per heavy atom. The molecule has 1 aliphatic heterocycles. The summed E-state index contributed by atoms with van der Waals surface area (Å²) in [6, 6.07) is 5.83. The molecule has 0 saturated carbocycles. The fourth-order valence-electron chi connectivity index (χ4n) is 3.42. The number of carboxylic acid groups (broad SMARTS) is 1. The topological polar surface area (TPSA) is 95.0 Å². The van der Waals surface area contributed by atoms with Crippen LogP contribution in [0.25, 0.3) is 0 Å². The molecule has 0 aromatic heterocycles. The Kier molecular flexibility index (Phi) is 7.38. The number of aliphatic carboxylic acids is 1. The van der Waals surface area contributed by atoms with Gasteiger partial charge in [-0.15, -0.1) is 0 Å². The lowest BCUT2D eigenvalue weighted by Gasteiger charge is -2.33. The van der Waals surface area contributed by atoms with E-state index < -0.39 is 22.0 Å². The largest absolute Gasteiger partial charge is 0.480 e. The summed E-state index contributed by atoms with van der Waals surface area (Å²) in [7, 11) is -3.49. The van der Waals surface area contributed by atoms with Gasteiger partial charge in [0, 0.05) is 26.1 Å². The Bertz CT molecular complexity index is 757. The molecule has 1 fully saturated rings. The van der Waals surface area contributed by atoms with Gasteiger partial charge in [-0.05, 0) is 43.4 Å². The predicted molar refractivity (Wildman–Crippen MR) is 102 cm³/mol. The van der Waals surface area contributed by atoms with Gasteiger partial charge in [0.25, 0.3) is 0 Å². The van der Waals surface area contributed by atoms with E-state index in [2.05, 4.69) is 0 Å². The van der Waals surface area contributed by atoms with Crippen LogP contribution in [0.3, 0.4) is 0 Å². The van der Waals surface area contributed by atoms with Gasteiger partial charge in [0.2, 0.25) is 15.9 Å². The lowest BCUT2D eigenvalue weighted by Crippen LogP contribution is -2.48. The number of likely N-dealkylation sites (tertiary alicyclic amines) is 1. The van der Waals surface area contributed by atoms with E-state index in [4.69, 9.17) is 0 Å². The van der Waals surface area contributed by atoms with Crippen molar-refractivity contribution in [2.75, 3.05) is 19.6 Å². The van der Waals surface area contributed by atoms with Crippen LogP contribution in [0.5, 0.6) is 0 Å². The second-order valence-electron chi connectivity index (χ2n) is 6.67. The number of benzene rings is 1. The number of rotatable bonds is 8. The SMILES string of the molecule is CCN(CC)S(=O)(=O)c1ccc(CCC(=O)N2CCCC[C@@H]2C(=O)O)cc1. The fraction of sp³-hybridized carbons (Fsp3) is 0.579. The maximum absolute atomic E-state index is 12.5. The highest BCUT2D eigenvalue weighted by Crippen LogP contribution is 2.20. The third kappa shape index (κ3) is 5.07. The van der Waals surface area contributed by atoms with Crippen molar-refractivity contribution in [1.29, 1.82) is 0 Å². The summed E-state index contributed by atoms with van der Waals surface area (Å²) in [5.41, 5.74) is 0.853. The summed E-state index contributed by atoms with van der Waals surface area (Å²) < 4.78 is 26.4. The lowest BCUT2D eigenvalue weighted by atomic mass is 10.0. The highest BCUT2D eigenvalue weighted by molar-refractivity contribution is 7.89. The molecule has 1 aliphatic rings. The molecule has 150 valence electrons. The summed E-state index contributed by atoms with van der Waals surface area (Å²) in [6.45, 7) is 4.90. The van der Waals surface area contributed by atoms with Gasteiger partial charge in [0.05, 0.1) is 4.90 Å². The first-order chi connectivity index (χ1) is 12.8. The van der Waals surface area contributed by atoms with Crippen LogP contribution < -0.4 is 0 Å². The molecular weight excluding hydrogens is 368 g/mol. The minimum absolute atomic E-state index is 0.165. The minimum atomic E-state index is -3.49. The number of carbonyl (C=O) groups excluding carboxylic acids is 1. The van der Waals surface area contributed by atoms with Crippen molar-refractivity contribution in [2.24, 2.45) is 0 Å². The molecular formula is C19H28N2O5S. The zero-order valence-electron chi connectivity index (χ0n) is 15.9. The first-order valence-electron chi connectivity index (χ1n) is 9.42. The monoisotopic (exact) mass is 396 g/mol. The van der Waals surface area contributed by atoms with Crippen molar-refractivity contribution >= 4 is 21.9 Å². The Morgan fingerprint density at radius 3 is 2.33 bits per heavy atom. The average Bonchev–Trinajstić information content (AvgIpc) is 2.67. The number of sulfonamides is 1. The molecule has 0 spiro atoms. The molecule has 1 aromatic rings.